The first kappa shape index (κ1) is 13.6. The van der Waals surface area contributed by atoms with Crippen LogP contribution >= 0.6 is 0 Å². The van der Waals surface area contributed by atoms with Crippen molar-refractivity contribution < 1.29 is 5.11 Å². The molecule has 0 unspecified atom stereocenters. The van der Waals surface area contributed by atoms with E-state index in [1.165, 1.54) is 29.5 Å². The highest BCUT2D eigenvalue weighted by Gasteiger charge is 2.18. The number of hydrogen-bond acceptors (Lipinski definition) is 2. The molecule has 2 rings (SSSR count). The van der Waals surface area contributed by atoms with E-state index in [0.717, 1.165) is 31.8 Å². The van der Waals surface area contributed by atoms with E-state index in [0.29, 0.717) is 0 Å². The lowest BCUT2D eigenvalue weighted by molar-refractivity contribution is 0.108. The molecule has 1 aromatic carbocycles. The van der Waals surface area contributed by atoms with E-state index in [-0.39, 0.29) is 6.10 Å². The first-order valence-corrected chi connectivity index (χ1v) is 7.10. The van der Waals surface area contributed by atoms with Crippen LogP contribution in [0.3, 0.4) is 0 Å². The molecule has 1 aliphatic rings. The number of hydrogen-bond donors (Lipinski definition) is 2. The minimum absolute atomic E-state index is 0.0411. The van der Waals surface area contributed by atoms with Crippen LogP contribution in [0.5, 0.6) is 0 Å². The van der Waals surface area contributed by atoms with Gasteiger partial charge >= 0.3 is 0 Å². The Morgan fingerprint density at radius 1 is 1.17 bits per heavy atom. The number of aryl methyl sites for hydroxylation is 2. The molecule has 0 amide bonds. The standard InChI is InChI=1S/C16H25NO/c1-12-3-6-15(13(2)9-12)11-17-10-14-4-7-16(18)8-5-14/h3,6,9,14,16-18H,4-5,7-8,10-11H2,1-2H3. The Kier molecular flexibility index (Phi) is 4.79. The van der Waals surface area contributed by atoms with Crippen molar-refractivity contribution >= 4 is 0 Å². The van der Waals surface area contributed by atoms with Gasteiger partial charge in [0.2, 0.25) is 0 Å². The summed E-state index contributed by atoms with van der Waals surface area (Å²) in [4.78, 5) is 0. The van der Waals surface area contributed by atoms with E-state index in [1.807, 2.05) is 0 Å². The van der Waals surface area contributed by atoms with Crippen molar-refractivity contribution in [3.8, 4) is 0 Å². The lowest BCUT2D eigenvalue weighted by Crippen LogP contribution is -2.27. The Bertz CT molecular complexity index is 381. The molecule has 1 aliphatic carbocycles. The monoisotopic (exact) mass is 247 g/mol. The summed E-state index contributed by atoms with van der Waals surface area (Å²) in [5.74, 6) is 0.749. The highest BCUT2D eigenvalue weighted by atomic mass is 16.3. The van der Waals surface area contributed by atoms with Gasteiger partial charge in [-0.1, -0.05) is 23.8 Å². The van der Waals surface area contributed by atoms with Crippen LogP contribution in [-0.4, -0.2) is 17.8 Å². The normalized spacial score (nSPS) is 24.2. The van der Waals surface area contributed by atoms with Crippen molar-refractivity contribution in [3.63, 3.8) is 0 Å². The smallest absolute Gasteiger partial charge is 0.0540 e. The van der Waals surface area contributed by atoms with Crippen LogP contribution < -0.4 is 5.32 Å². The first-order chi connectivity index (χ1) is 8.65. The second-order valence-corrected chi connectivity index (χ2v) is 5.74. The molecule has 0 aliphatic heterocycles. The van der Waals surface area contributed by atoms with E-state index in [2.05, 4.69) is 37.4 Å². The Hall–Kier alpha value is -0.860. The average molecular weight is 247 g/mol. The van der Waals surface area contributed by atoms with E-state index in [1.54, 1.807) is 0 Å². The summed E-state index contributed by atoms with van der Waals surface area (Å²) in [5, 5.41) is 13.0. The largest absolute Gasteiger partial charge is 0.393 e. The number of benzene rings is 1. The number of rotatable bonds is 4. The number of nitrogens with one attached hydrogen (secondary N) is 1. The Balaban J connectivity index is 1.75. The summed E-state index contributed by atoms with van der Waals surface area (Å²) in [6, 6.07) is 6.65. The van der Waals surface area contributed by atoms with Crippen molar-refractivity contribution in [2.75, 3.05) is 6.54 Å². The highest BCUT2D eigenvalue weighted by Crippen LogP contribution is 2.23. The summed E-state index contributed by atoms with van der Waals surface area (Å²) in [5.41, 5.74) is 4.11. The fourth-order valence-electron chi connectivity index (χ4n) is 2.80. The molecule has 0 spiro atoms. The molecule has 1 aromatic rings. The predicted octanol–water partition coefficient (Wildman–Crippen LogP) is 2.94. The SMILES string of the molecule is Cc1ccc(CNCC2CCC(O)CC2)c(C)c1. The quantitative estimate of drug-likeness (QED) is 0.857. The van der Waals surface area contributed by atoms with Crippen molar-refractivity contribution in [2.45, 2.75) is 52.2 Å². The molecular weight excluding hydrogens is 222 g/mol. The Labute approximate surface area is 110 Å². The molecule has 2 nitrogen and oxygen atoms in total. The topological polar surface area (TPSA) is 32.3 Å². The van der Waals surface area contributed by atoms with E-state index in [9.17, 15) is 5.11 Å². The number of aliphatic hydroxyl groups excluding tert-OH is 1. The average Bonchev–Trinajstić information content (AvgIpc) is 2.34. The molecule has 0 heterocycles. The third kappa shape index (κ3) is 3.82. The third-order valence-corrected chi connectivity index (χ3v) is 4.06. The first-order valence-electron chi connectivity index (χ1n) is 7.10. The van der Waals surface area contributed by atoms with Crippen molar-refractivity contribution in [3.05, 3.63) is 34.9 Å². The van der Waals surface area contributed by atoms with Gasteiger partial charge in [0.1, 0.15) is 0 Å². The zero-order chi connectivity index (χ0) is 13.0. The van der Waals surface area contributed by atoms with Gasteiger partial charge in [0.05, 0.1) is 6.10 Å². The molecule has 1 saturated carbocycles. The predicted molar refractivity (Wildman–Crippen MR) is 75.6 cm³/mol. The van der Waals surface area contributed by atoms with Crippen LogP contribution in [0.2, 0.25) is 0 Å². The molecule has 0 aromatic heterocycles. The van der Waals surface area contributed by atoms with Crippen molar-refractivity contribution in [1.29, 1.82) is 0 Å². The van der Waals surface area contributed by atoms with Crippen molar-refractivity contribution in [2.24, 2.45) is 5.92 Å². The molecule has 2 N–H and O–H groups in total. The Morgan fingerprint density at radius 2 is 1.89 bits per heavy atom. The fourth-order valence-corrected chi connectivity index (χ4v) is 2.80. The Morgan fingerprint density at radius 3 is 2.56 bits per heavy atom. The van der Waals surface area contributed by atoms with Gasteiger partial charge in [0.15, 0.2) is 0 Å². The van der Waals surface area contributed by atoms with Gasteiger partial charge in [-0.2, -0.15) is 0 Å². The van der Waals surface area contributed by atoms with Gasteiger partial charge in [0, 0.05) is 6.54 Å². The zero-order valence-corrected chi connectivity index (χ0v) is 11.6. The van der Waals surface area contributed by atoms with Crippen LogP contribution in [0.15, 0.2) is 18.2 Å². The van der Waals surface area contributed by atoms with Crippen LogP contribution in [-0.2, 0) is 6.54 Å². The second-order valence-electron chi connectivity index (χ2n) is 5.74. The van der Waals surface area contributed by atoms with Gasteiger partial charge in [-0.15, -0.1) is 0 Å². The maximum Gasteiger partial charge on any atom is 0.0540 e. The fraction of sp³-hybridized carbons (Fsp3) is 0.625. The zero-order valence-electron chi connectivity index (χ0n) is 11.6. The van der Waals surface area contributed by atoms with Crippen LogP contribution in [0.1, 0.15) is 42.4 Å². The lowest BCUT2D eigenvalue weighted by atomic mass is 9.87. The number of aliphatic hydroxyl groups is 1. The van der Waals surface area contributed by atoms with Crippen molar-refractivity contribution in [1.82, 2.24) is 5.32 Å². The summed E-state index contributed by atoms with van der Waals surface area (Å²) >= 11 is 0. The molecule has 2 heteroatoms. The molecule has 0 atom stereocenters. The van der Waals surface area contributed by atoms with E-state index in [4.69, 9.17) is 0 Å². The van der Waals surface area contributed by atoms with E-state index < -0.39 is 0 Å². The molecule has 18 heavy (non-hydrogen) atoms. The molecular formula is C16H25NO. The van der Waals surface area contributed by atoms with Gasteiger partial charge in [-0.05, 0) is 63.1 Å². The summed E-state index contributed by atoms with van der Waals surface area (Å²) < 4.78 is 0. The van der Waals surface area contributed by atoms with Crippen LogP contribution in [0.4, 0.5) is 0 Å². The van der Waals surface area contributed by atoms with Gasteiger partial charge in [-0.25, -0.2) is 0 Å². The van der Waals surface area contributed by atoms with Crippen LogP contribution in [0, 0.1) is 19.8 Å². The van der Waals surface area contributed by atoms with Crippen LogP contribution in [0.25, 0.3) is 0 Å². The van der Waals surface area contributed by atoms with Gasteiger partial charge < -0.3 is 10.4 Å². The van der Waals surface area contributed by atoms with Gasteiger partial charge in [-0.3, -0.25) is 0 Å². The third-order valence-electron chi connectivity index (χ3n) is 4.06. The van der Waals surface area contributed by atoms with Gasteiger partial charge in [0.25, 0.3) is 0 Å². The molecule has 0 saturated heterocycles. The summed E-state index contributed by atoms with van der Waals surface area (Å²) in [6.45, 7) is 6.36. The molecule has 0 radical (unpaired) electrons. The highest BCUT2D eigenvalue weighted by molar-refractivity contribution is 5.30. The molecule has 1 fully saturated rings. The second kappa shape index (κ2) is 6.35. The molecule has 0 bridgehead atoms. The summed E-state index contributed by atoms with van der Waals surface area (Å²) in [6.07, 6.45) is 4.26. The minimum Gasteiger partial charge on any atom is -0.393 e. The van der Waals surface area contributed by atoms with E-state index >= 15 is 0 Å². The minimum atomic E-state index is -0.0411. The maximum absolute atomic E-state index is 9.47. The maximum atomic E-state index is 9.47. The molecule has 100 valence electrons. The summed E-state index contributed by atoms with van der Waals surface area (Å²) in [7, 11) is 0. The lowest BCUT2D eigenvalue weighted by Gasteiger charge is -2.25.